The van der Waals surface area contributed by atoms with Crippen molar-refractivity contribution in [1.29, 1.82) is 0 Å². The van der Waals surface area contributed by atoms with Crippen molar-refractivity contribution in [2.24, 2.45) is 17.2 Å². The van der Waals surface area contributed by atoms with Crippen molar-refractivity contribution in [3.05, 3.63) is 0 Å². The molecule has 0 bridgehead atoms. The van der Waals surface area contributed by atoms with E-state index in [-0.39, 0.29) is 32.3 Å². The first-order valence-corrected chi connectivity index (χ1v) is 32.9. The van der Waals surface area contributed by atoms with Crippen LogP contribution in [0.15, 0.2) is 0 Å². The molecule has 5 amide bonds. The van der Waals surface area contributed by atoms with Gasteiger partial charge >= 0.3 is 0 Å². The van der Waals surface area contributed by atoms with E-state index in [1.807, 2.05) is 0 Å². The Hall–Kier alpha value is -4.87. The van der Waals surface area contributed by atoms with Gasteiger partial charge in [0.15, 0.2) is 44.0 Å². The van der Waals surface area contributed by atoms with E-state index < -0.39 is 239 Å². The molecule has 102 heavy (non-hydrogen) atoms. The molecule has 590 valence electrons. The Morgan fingerprint density at radius 1 is 0.324 bits per heavy atom. The maximum Gasteiger partial charge on any atom is 0.295 e. The lowest BCUT2D eigenvalue weighted by Crippen LogP contribution is -2.70. The highest BCUT2D eigenvalue weighted by Crippen LogP contribution is 2.37. The van der Waals surface area contributed by atoms with Crippen LogP contribution >= 0.6 is 0 Å². The highest BCUT2D eigenvalue weighted by molar-refractivity contribution is 5.75. The zero-order chi connectivity index (χ0) is 76.3. The molecule has 0 aliphatic carbocycles. The summed E-state index contributed by atoms with van der Waals surface area (Å²) in [6.45, 7) is 13.8. The van der Waals surface area contributed by atoms with E-state index in [4.69, 9.17) is 88.3 Å². The predicted octanol–water partition coefficient (Wildman–Crippen LogP) is -11.2. The molecule has 43 heteroatoms. The smallest absolute Gasteiger partial charge is 0.295 e. The summed E-state index contributed by atoms with van der Waals surface area (Å²) in [6.07, 6.45) is -39.7. The third-order valence-electron chi connectivity index (χ3n) is 17.2. The van der Waals surface area contributed by atoms with Crippen molar-refractivity contribution in [1.82, 2.24) is 26.6 Å². The molecule has 7 fully saturated rings. The van der Waals surface area contributed by atoms with Crippen molar-refractivity contribution in [2.75, 3.05) is 26.6 Å². The van der Waals surface area contributed by atoms with Crippen LogP contribution in [0.3, 0.4) is 0 Å². The van der Waals surface area contributed by atoms with E-state index in [0.29, 0.717) is 13.2 Å². The lowest BCUT2D eigenvalue weighted by atomic mass is 9.94. The second kappa shape index (κ2) is 41.3. The minimum atomic E-state index is -2.01. The van der Waals surface area contributed by atoms with Gasteiger partial charge in [0.05, 0.1) is 44.0 Å². The van der Waals surface area contributed by atoms with E-state index in [1.165, 1.54) is 48.5 Å². The van der Waals surface area contributed by atoms with Crippen LogP contribution < -0.4 is 43.8 Å². The summed E-state index contributed by atoms with van der Waals surface area (Å²) in [5.41, 5.74) is 16.3. The molecule has 0 radical (unpaired) electrons. The number of aliphatic hydroxyl groups is 12. The molecule has 0 saturated carbocycles. The zero-order valence-electron chi connectivity index (χ0n) is 57.8. The number of amides is 5. The molecule has 43 nitrogen and oxygen atoms in total. The van der Waals surface area contributed by atoms with Crippen LogP contribution in [0.25, 0.3) is 0 Å². The van der Waals surface area contributed by atoms with E-state index in [2.05, 4.69) is 31.3 Å². The Morgan fingerprint density at radius 2 is 0.618 bits per heavy atom. The van der Waals surface area contributed by atoms with Crippen LogP contribution in [0, 0.1) is 0 Å². The van der Waals surface area contributed by atoms with Crippen molar-refractivity contribution >= 4 is 42.5 Å². The van der Waals surface area contributed by atoms with Crippen molar-refractivity contribution in [2.45, 2.75) is 304 Å². The summed E-state index contributed by atoms with van der Waals surface area (Å²) < 4.78 is 88.9. The number of nitrogens with one attached hydrogen (secondary N) is 5. The highest BCUT2D eigenvalue weighted by Gasteiger charge is 2.58. The molecule has 7 saturated heterocycles. The van der Waals surface area contributed by atoms with Crippen LogP contribution in [-0.4, -0.2) is 345 Å². The third kappa shape index (κ3) is 23.3. The topological polar surface area (TPSA) is 648 Å². The Bertz CT molecular complexity index is 2610. The number of aliphatic hydroxyl groups excluding tert-OH is 12. The maximum atomic E-state index is 12.6. The lowest BCUT2D eigenvalue weighted by molar-refractivity contribution is -0.393. The van der Waals surface area contributed by atoms with Gasteiger partial charge in [-0.1, -0.05) is 0 Å². The molecule has 0 aromatic rings. The van der Waals surface area contributed by atoms with Gasteiger partial charge < -0.3 is 181 Å². The highest BCUT2D eigenvalue weighted by atomic mass is 16.8. The molecule has 7 aliphatic heterocycles. The summed E-state index contributed by atoms with van der Waals surface area (Å²) in [4.78, 5) is 81.3. The van der Waals surface area contributed by atoms with Crippen LogP contribution in [-0.2, 0) is 109 Å². The Kier molecular flexibility index (Phi) is 35.5. The minimum Gasteiger partial charge on any atom is -0.435 e. The maximum absolute atomic E-state index is 12.6. The van der Waals surface area contributed by atoms with Gasteiger partial charge in [-0.15, -0.1) is 0 Å². The van der Waals surface area contributed by atoms with Gasteiger partial charge in [0.1, 0.15) is 128 Å². The number of ether oxygens (including phenoxy) is 16. The lowest BCUT2D eigenvalue weighted by Gasteiger charge is -2.50. The Labute approximate surface area is 585 Å². The van der Waals surface area contributed by atoms with E-state index in [0.717, 1.165) is 33.1 Å². The monoisotopic (exact) mass is 1480 g/mol. The molecular weight excluding hydrogens is 1380 g/mol. The van der Waals surface area contributed by atoms with Crippen molar-refractivity contribution in [3.8, 4) is 0 Å². The van der Waals surface area contributed by atoms with E-state index in [9.17, 15) is 94.8 Å². The van der Waals surface area contributed by atoms with E-state index in [1.54, 1.807) is 6.92 Å². The van der Waals surface area contributed by atoms with Gasteiger partial charge in [-0.05, 0) is 60.4 Å². The molecule has 14 unspecified atom stereocenters. The minimum absolute atomic E-state index is 0.0256. The number of hydrogen-bond donors (Lipinski definition) is 20. The number of unbranched alkanes of at least 4 members (excludes halogenated alkanes) is 2. The Balaban J connectivity index is 0.000000322. The van der Waals surface area contributed by atoms with Gasteiger partial charge in [0.25, 0.3) is 12.9 Å². The fourth-order valence-electron chi connectivity index (χ4n) is 11.9. The summed E-state index contributed by atoms with van der Waals surface area (Å²) >= 11 is 0. The molecule has 7 aliphatic rings. The number of carbonyl (C=O) groups excluding carboxylic acids is 7. The molecule has 0 spiro atoms. The molecular formula is C59H104N8O35. The van der Waals surface area contributed by atoms with Gasteiger partial charge in [0.2, 0.25) is 42.1 Å². The SMILES string of the molecule is CC(=O)NC1[C@H](OC2[C@H](OCN)OC(OC=O)[C@@H](O)[C@@H]2O)OC(C)[C@@H](O)[C@@H]1O.CC(=O)NC1[C@H](OC2[C@H](O[C@@H]3C(NC(C)=O)[C@H](O[C@@H]4C(NC(C)=O)[C@H](OCN)OC(C)[C@@H]4O)OC(C)[C@H]3O)OC(OC=O)[C@@H](O)[C@@H]2O)OC(C)[C@@H](O)[C@@H]1O.CC(=O)NC1[C@H](OCCCCCN)OC(C)[C@@H](O)[C@@H]1O. The second-order valence-electron chi connectivity index (χ2n) is 25.1. The summed E-state index contributed by atoms with van der Waals surface area (Å²) in [6, 6.07) is -6.05. The summed E-state index contributed by atoms with van der Waals surface area (Å²) in [7, 11) is 0. The van der Waals surface area contributed by atoms with Gasteiger partial charge in [-0.2, -0.15) is 0 Å². The first-order chi connectivity index (χ1) is 48.1. The van der Waals surface area contributed by atoms with Crippen molar-refractivity contribution in [3.63, 3.8) is 0 Å². The van der Waals surface area contributed by atoms with Crippen LogP contribution in [0.2, 0.25) is 0 Å². The molecule has 23 N–H and O–H groups in total. The zero-order valence-corrected chi connectivity index (χ0v) is 57.8. The number of rotatable bonds is 27. The average Bonchev–Trinajstić information content (AvgIpc) is 0.775. The van der Waals surface area contributed by atoms with Gasteiger partial charge in [-0.25, -0.2) is 0 Å². The van der Waals surface area contributed by atoms with Crippen LogP contribution in [0.5, 0.6) is 0 Å². The number of carbonyl (C=O) groups is 7. The standard InChI is InChI=1S/C31H52N4O19.C15H26N2O11.C13H26N2O5/c1-9-18(40)21(43)15(33-12(4)37)28(49-9)53-26-22(44)23(45)30(47-8-36)54-31(26)52-25-17(35-14(6)39)29(50-11(3)20(25)42)51-24-16(34-13(5)38)27(46-7-32)48-10(2)19(24)41;1-5-8(20)9(21)7(17-6(2)19)13(26-5)27-12-10(22)11(23)14(25-4-18)28-15(12)24-3-16;1-8-11(17)12(18)10(15-9(2)16)13(20-8)19-7-5-3-4-6-14/h8-11,15-31,40-45H,7,32H2,1-6H3,(H,33,37)(H,34,38)(H,35,39);4-5,7-15,20-23H,3,16H2,1-2H3,(H,17,19);8,10-13,17-18H,3-7,14H2,1-2H3,(H,15,16)/t9?,10?,11?,15?,16?,17?,18-,19+,20-,21-,22+,23+,24-,25-,26?,27-,28+,29+,30?,31-;5?,7?,8-,9-,10+,11+,12?,13+,14?,15-;8?,10?,11-,12-,13-/m111/s1. The average molecular weight is 1490 g/mol. The third-order valence-corrected chi connectivity index (χ3v) is 17.2. The second-order valence-corrected chi connectivity index (χ2v) is 25.1. The van der Waals surface area contributed by atoms with Crippen LogP contribution in [0.4, 0.5) is 0 Å². The van der Waals surface area contributed by atoms with Crippen LogP contribution in [0.1, 0.15) is 88.5 Å². The fraction of sp³-hybridized carbons (Fsp3) is 0.881. The number of hydrogen-bond acceptors (Lipinski definition) is 38. The quantitative estimate of drug-likeness (QED) is 0.0206. The van der Waals surface area contributed by atoms with E-state index >= 15 is 0 Å². The normalized spacial score (nSPS) is 42.8. The number of nitrogens with two attached hydrogens (primary N) is 3. The first-order valence-electron chi connectivity index (χ1n) is 32.9. The Morgan fingerprint density at radius 3 is 0.990 bits per heavy atom. The predicted molar refractivity (Wildman–Crippen MR) is 332 cm³/mol. The van der Waals surface area contributed by atoms with Crippen molar-refractivity contribution < 1.29 is 171 Å². The molecule has 0 aromatic carbocycles. The van der Waals surface area contributed by atoms with Gasteiger partial charge in [0, 0.05) is 41.2 Å². The molecule has 7 heterocycles. The molecule has 35 atom stereocenters. The first kappa shape index (κ1) is 87.8. The summed E-state index contributed by atoms with van der Waals surface area (Å²) in [5, 5.41) is 139. The molecule has 0 aromatic heterocycles. The fourth-order valence-corrected chi connectivity index (χ4v) is 11.9. The molecule has 7 rings (SSSR count). The summed E-state index contributed by atoms with van der Waals surface area (Å²) in [5.74, 6) is -2.72. The van der Waals surface area contributed by atoms with Gasteiger partial charge in [-0.3, -0.25) is 33.6 Å². The largest absolute Gasteiger partial charge is 0.435 e.